The van der Waals surface area contributed by atoms with E-state index in [9.17, 15) is 14.4 Å². The summed E-state index contributed by atoms with van der Waals surface area (Å²) in [5.74, 6) is -2.85. The predicted molar refractivity (Wildman–Crippen MR) is 47.9 cm³/mol. The van der Waals surface area contributed by atoms with Crippen molar-refractivity contribution in [2.45, 2.75) is 32.6 Å². The molecule has 14 heavy (non-hydrogen) atoms. The van der Waals surface area contributed by atoms with Crippen LogP contribution in [0, 0.1) is 5.92 Å². The molecule has 2 N–H and O–H groups in total. The van der Waals surface area contributed by atoms with Gasteiger partial charge in [0.25, 0.3) is 0 Å². The topological polar surface area (TPSA) is 91.7 Å². The maximum atomic E-state index is 10.6. The van der Waals surface area contributed by atoms with Gasteiger partial charge < -0.3 is 15.0 Å². The first-order valence-electron chi connectivity index (χ1n) is 4.37. The van der Waals surface area contributed by atoms with Crippen molar-refractivity contribution in [3.05, 3.63) is 0 Å². The Balaban J connectivity index is 3.96. The predicted octanol–water partition coefficient (Wildman–Crippen LogP) is 0.921. The van der Waals surface area contributed by atoms with Crippen LogP contribution in [0.5, 0.6) is 0 Å². The van der Waals surface area contributed by atoms with E-state index >= 15 is 0 Å². The Kier molecular flexibility index (Phi) is 5.52. The summed E-state index contributed by atoms with van der Waals surface area (Å²) in [5.41, 5.74) is 0. The van der Waals surface area contributed by atoms with E-state index in [1.165, 1.54) is 6.92 Å². The van der Waals surface area contributed by atoms with E-state index in [2.05, 4.69) is 0 Å². The maximum Gasteiger partial charge on any atom is 0.306 e. The summed E-state index contributed by atoms with van der Waals surface area (Å²) in [4.78, 5) is 31.4. The van der Waals surface area contributed by atoms with Crippen LogP contribution >= 0.6 is 0 Å². The number of ketones is 1. The Morgan fingerprint density at radius 1 is 1.07 bits per heavy atom. The molecular weight excluding hydrogens is 188 g/mol. The molecule has 0 radical (unpaired) electrons. The van der Waals surface area contributed by atoms with Crippen LogP contribution in [0.4, 0.5) is 0 Å². The zero-order valence-electron chi connectivity index (χ0n) is 8.02. The third-order valence-electron chi connectivity index (χ3n) is 1.90. The Hall–Kier alpha value is -1.39. The monoisotopic (exact) mass is 202 g/mol. The van der Waals surface area contributed by atoms with Crippen molar-refractivity contribution in [2.75, 3.05) is 0 Å². The van der Waals surface area contributed by atoms with E-state index in [0.717, 1.165) is 0 Å². The lowest BCUT2D eigenvalue weighted by Crippen LogP contribution is -2.16. The van der Waals surface area contributed by atoms with Gasteiger partial charge in [0.15, 0.2) is 0 Å². The molecule has 0 aromatic carbocycles. The number of hydrogen-bond donors (Lipinski definition) is 2. The maximum absolute atomic E-state index is 10.6. The summed E-state index contributed by atoms with van der Waals surface area (Å²) in [5, 5.41) is 17.1. The molecule has 0 aliphatic rings. The van der Waals surface area contributed by atoms with Crippen LogP contribution in [0.1, 0.15) is 32.6 Å². The second-order valence-electron chi connectivity index (χ2n) is 3.21. The molecule has 0 fully saturated rings. The minimum absolute atomic E-state index is 0.0772. The van der Waals surface area contributed by atoms with Gasteiger partial charge in [-0.1, -0.05) is 0 Å². The van der Waals surface area contributed by atoms with Crippen LogP contribution in [0.3, 0.4) is 0 Å². The minimum Gasteiger partial charge on any atom is -0.481 e. The highest BCUT2D eigenvalue weighted by Gasteiger charge is 2.18. The van der Waals surface area contributed by atoms with E-state index in [4.69, 9.17) is 10.2 Å². The molecule has 1 atom stereocenters. The summed E-state index contributed by atoms with van der Waals surface area (Å²) in [7, 11) is 0. The van der Waals surface area contributed by atoms with Crippen molar-refractivity contribution < 1.29 is 24.6 Å². The second-order valence-corrected chi connectivity index (χ2v) is 3.21. The first kappa shape index (κ1) is 12.6. The average Bonchev–Trinajstić information content (AvgIpc) is 2.02. The van der Waals surface area contributed by atoms with E-state index in [1.54, 1.807) is 0 Å². The lowest BCUT2D eigenvalue weighted by atomic mass is 9.97. The molecule has 0 amide bonds. The largest absolute Gasteiger partial charge is 0.481 e. The Morgan fingerprint density at radius 2 is 1.57 bits per heavy atom. The Bertz CT molecular complexity index is 215. The van der Waals surface area contributed by atoms with Gasteiger partial charge in [0.2, 0.25) is 0 Å². The second kappa shape index (κ2) is 6.12. The fourth-order valence-corrected chi connectivity index (χ4v) is 1.07. The Labute approximate surface area is 81.7 Å². The summed E-state index contributed by atoms with van der Waals surface area (Å²) < 4.78 is 0. The highest BCUT2D eigenvalue weighted by atomic mass is 16.4. The summed E-state index contributed by atoms with van der Waals surface area (Å²) in [6, 6.07) is 0. The molecule has 0 heterocycles. The minimum atomic E-state index is -1.03. The Morgan fingerprint density at radius 3 is 1.93 bits per heavy atom. The molecular formula is C9H14O5. The molecule has 5 nitrogen and oxygen atoms in total. The van der Waals surface area contributed by atoms with Gasteiger partial charge in [0.1, 0.15) is 5.78 Å². The number of carboxylic acids is 2. The van der Waals surface area contributed by atoms with Crippen molar-refractivity contribution in [1.82, 2.24) is 0 Å². The lowest BCUT2D eigenvalue weighted by Gasteiger charge is -2.08. The summed E-state index contributed by atoms with van der Waals surface area (Å²) in [6.45, 7) is 1.39. The van der Waals surface area contributed by atoms with E-state index in [1.807, 2.05) is 0 Å². The van der Waals surface area contributed by atoms with Gasteiger partial charge in [-0.2, -0.15) is 0 Å². The third-order valence-corrected chi connectivity index (χ3v) is 1.90. The molecule has 0 aromatic rings. The van der Waals surface area contributed by atoms with Crippen molar-refractivity contribution in [1.29, 1.82) is 0 Å². The number of aliphatic carboxylic acids is 2. The number of Topliss-reactive ketones (excluding diaryl/α,β-unsaturated/α-hetero) is 1. The molecule has 0 aliphatic heterocycles. The number of carboxylic acid groups (broad SMARTS) is 2. The van der Waals surface area contributed by atoms with Crippen LogP contribution in [0.2, 0.25) is 0 Å². The molecule has 80 valence electrons. The molecule has 0 bridgehead atoms. The first-order chi connectivity index (χ1) is 6.43. The van der Waals surface area contributed by atoms with Crippen LogP contribution in [0.15, 0.2) is 0 Å². The summed E-state index contributed by atoms with van der Waals surface area (Å²) in [6.07, 6.45) is 0.321. The van der Waals surface area contributed by atoms with Gasteiger partial charge in [0, 0.05) is 12.8 Å². The van der Waals surface area contributed by atoms with Gasteiger partial charge in [-0.05, 0) is 19.8 Å². The number of carbonyl (C=O) groups excluding carboxylic acids is 1. The van der Waals surface area contributed by atoms with Crippen LogP contribution < -0.4 is 0 Å². The zero-order valence-corrected chi connectivity index (χ0v) is 8.02. The van der Waals surface area contributed by atoms with Gasteiger partial charge in [-0.3, -0.25) is 9.59 Å². The molecule has 0 rings (SSSR count). The quantitative estimate of drug-likeness (QED) is 0.640. The average molecular weight is 202 g/mol. The molecule has 0 aliphatic carbocycles. The van der Waals surface area contributed by atoms with E-state index in [-0.39, 0.29) is 31.5 Å². The fourth-order valence-electron chi connectivity index (χ4n) is 1.07. The smallest absolute Gasteiger partial charge is 0.306 e. The first-order valence-corrected chi connectivity index (χ1v) is 4.37. The van der Waals surface area contributed by atoms with Crippen molar-refractivity contribution in [3.8, 4) is 0 Å². The van der Waals surface area contributed by atoms with E-state index < -0.39 is 17.9 Å². The molecule has 5 heteroatoms. The van der Waals surface area contributed by atoms with Crippen molar-refractivity contribution in [3.63, 3.8) is 0 Å². The van der Waals surface area contributed by atoms with Gasteiger partial charge >= 0.3 is 11.9 Å². The number of hydrogen-bond acceptors (Lipinski definition) is 3. The third kappa shape index (κ3) is 6.16. The number of rotatable bonds is 7. The normalized spacial score (nSPS) is 12.1. The van der Waals surface area contributed by atoms with Crippen molar-refractivity contribution >= 4 is 17.7 Å². The fraction of sp³-hybridized carbons (Fsp3) is 0.667. The lowest BCUT2D eigenvalue weighted by molar-refractivity contribution is -0.143. The highest BCUT2D eigenvalue weighted by Crippen LogP contribution is 2.14. The van der Waals surface area contributed by atoms with Crippen LogP contribution in [-0.2, 0) is 14.4 Å². The van der Waals surface area contributed by atoms with Crippen LogP contribution in [0.25, 0.3) is 0 Å². The zero-order chi connectivity index (χ0) is 11.1. The highest BCUT2D eigenvalue weighted by molar-refractivity contribution is 5.77. The van der Waals surface area contributed by atoms with Crippen LogP contribution in [-0.4, -0.2) is 27.9 Å². The molecule has 0 spiro atoms. The molecule has 0 aromatic heterocycles. The van der Waals surface area contributed by atoms with Gasteiger partial charge in [0.05, 0.1) is 5.92 Å². The molecule has 0 saturated carbocycles. The molecule has 1 unspecified atom stereocenters. The van der Waals surface area contributed by atoms with E-state index in [0.29, 0.717) is 0 Å². The number of carbonyl (C=O) groups is 3. The van der Waals surface area contributed by atoms with Gasteiger partial charge in [-0.25, -0.2) is 0 Å². The molecule has 0 saturated heterocycles. The van der Waals surface area contributed by atoms with Crippen molar-refractivity contribution in [2.24, 2.45) is 5.92 Å². The SMILES string of the molecule is CC(=O)CCC(CCC(=O)O)C(=O)O. The van der Waals surface area contributed by atoms with Gasteiger partial charge in [-0.15, -0.1) is 0 Å². The summed E-state index contributed by atoms with van der Waals surface area (Å²) >= 11 is 0. The standard InChI is InChI=1S/C9H14O5/c1-6(10)2-3-7(9(13)14)4-5-8(11)12/h7H,2-5H2,1H3,(H,11,12)(H,13,14).